The van der Waals surface area contributed by atoms with Crippen molar-refractivity contribution in [3.05, 3.63) is 129 Å². The van der Waals surface area contributed by atoms with E-state index in [1.807, 2.05) is 78.9 Å². The Balaban J connectivity index is 1.56. The van der Waals surface area contributed by atoms with Crippen LogP contribution < -0.4 is 20.7 Å². The largest absolute Gasteiger partial charge is 0.497 e. The Labute approximate surface area is 229 Å². The molecule has 0 radical (unpaired) electrons. The highest BCUT2D eigenvalue weighted by molar-refractivity contribution is 5.49. The summed E-state index contributed by atoms with van der Waals surface area (Å²) in [6, 6.07) is 25.4. The highest BCUT2D eigenvalue weighted by Gasteiger charge is 2.47. The molecule has 1 fully saturated rings. The zero-order chi connectivity index (χ0) is 28.3. The maximum absolute atomic E-state index is 15.2. The highest BCUT2D eigenvalue weighted by atomic mass is 19.1. The number of halogens is 1. The van der Waals surface area contributed by atoms with Crippen molar-refractivity contribution in [2.75, 3.05) is 20.8 Å². The topological polar surface area (TPSA) is 112 Å². The van der Waals surface area contributed by atoms with Crippen molar-refractivity contribution in [3.63, 3.8) is 0 Å². The predicted molar refractivity (Wildman–Crippen MR) is 144 cm³/mol. The molecule has 208 valence electrons. The summed E-state index contributed by atoms with van der Waals surface area (Å²) in [6.07, 6.45) is -4.97. The maximum atomic E-state index is 15.2. The number of hydrogen-bond acceptors (Lipinski definition) is 7. The monoisotopic (exact) mass is 548 g/mol. The first kappa shape index (κ1) is 27.3. The Kier molecular flexibility index (Phi) is 7.83. The lowest BCUT2D eigenvalue weighted by molar-refractivity contribution is -0.0950. The van der Waals surface area contributed by atoms with E-state index in [1.165, 1.54) is 0 Å². The number of aromatic nitrogens is 2. The smallest absolute Gasteiger partial charge is 0.330 e. The Morgan fingerprint density at radius 1 is 0.875 bits per heavy atom. The zero-order valence-electron chi connectivity index (χ0n) is 21.9. The number of nitrogens with zero attached hydrogens (tertiary/aromatic N) is 1. The van der Waals surface area contributed by atoms with Gasteiger partial charge in [-0.1, -0.05) is 54.6 Å². The third-order valence-corrected chi connectivity index (χ3v) is 7.06. The van der Waals surface area contributed by atoms with E-state index in [1.54, 1.807) is 14.2 Å². The molecule has 0 saturated carbocycles. The predicted octanol–water partition coefficient (Wildman–Crippen LogP) is 3.16. The van der Waals surface area contributed by atoms with E-state index < -0.39 is 41.5 Å². The third-order valence-electron chi connectivity index (χ3n) is 7.06. The van der Waals surface area contributed by atoms with Crippen LogP contribution in [0.15, 0.2) is 101 Å². The lowest BCUT2D eigenvalue weighted by Gasteiger charge is -2.37. The molecule has 3 aromatic carbocycles. The molecule has 2 N–H and O–H groups in total. The van der Waals surface area contributed by atoms with Crippen molar-refractivity contribution in [3.8, 4) is 11.5 Å². The first-order chi connectivity index (χ1) is 19.4. The van der Waals surface area contributed by atoms with Crippen LogP contribution in [0.25, 0.3) is 0 Å². The average molecular weight is 549 g/mol. The Morgan fingerprint density at radius 2 is 1.43 bits per heavy atom. The van der Waals surface area contributed by atoms with Crippen molar-refractivity contribution >= 4 is 0 Å². The number of alkyl halides is 1. The molecule has 0 bridgehead atoms. The maximum Gasteiger partial charge on any atom is 0.330 e. The average Bonchev–Trinajstić information content (AvgIpc) is 3.27. The number of ether oxygens (including phenoxy) is 4. The molecular weight excluding hydrogens is 519 g/mol. The number of aliphatic hydroxyl groups excluding tert-OH is 1. The molecular formula is C30H29FN2O7. The van der Waals surface area contributed by atoms with Crippen LogP contribution in [0.5, 0.6) is 11.5 Å². The number of rotatable bonds is 9. The molecule has 1 saturated heterocycles. The SMILES string of the molecule is COc1ccc(C(OC[C@@H]2O[C@H](n3ccc(=O)[nH]c3=O)C(F)[C@@H]2O)(c2ccccc2)c2ccc(OC)cc2)cc1. The summed E-state index contributed by atoms with van der Waals surface area (Å²) in [7, 11) is 3.16. The number of nitrogens with one attached hydrogen (secondary N) is 1. The molecule has 0 amide bonds. The molecule has 5 rings (SSSR count). The van der Waals surface area contributed by atoms with Crippen molar-refractivity contribution < 1.29 is 28.4 Å². The van der Waals surface area contributed by atoms with Gasteiger partial charge < -0.3 is 24.1 Å². The number of hydrogen-bond donors (Lipinski definition) is 2. The molecule has 1 aromatic heterocycles. The number of aliphatic hydroxyl groups is 1. The van der Waals surface area contributed by atoms with Gasteiger partial charge in [0.2, 0.25) is 0 Å². The molecule has 1 aliphatic rings. The zero-order valence-corrected chi connectivity index (χ0v) is 21.9. The number of aromatic amines is 1. The molecule has 1 unspecified atom stereocenters. The summed E-state index contributed by atoms with van der Waals surface area (Å²) >= 11 is 0. The van der Waals surface area contributed by atoms with Gasteiger partial charge in [0, 0.05) is 12.3 Å². The van der Waals surface area contributed by atoms with Gasteiger partial charge in [0.05, 0.1) is 20.8 Å². The minimum absolute atomic E-state index is 0.233. The van der Waals surface area contributed by atoms with Crippen molar-refractivity contribution in [2.45, 2.75) is 30.2 Å². The van der Waals surface area contributed by atoms with Gasteiger partial charge in [0.15, 0.2) is 12.4 Å². The van der Waals surface area contributed by atoms with Gasteiger partial charge in [-0.25, -0.2) is 9.18 Å². The van der Waals surface area contributed by atoms with E-state index in [9.17, 15) is 14.7 Å². The van der Waals surface area contributed by atoms with Gasteiger partial charge in [-0.2, -0.15) is 0 Å². The van der Waals surface area contributed by atoms with E-state index >= 15 is 4.39 Å². The Bertz CT molecular complexity index is 1490. The summed E-state index contributed by atoms with van der Waals surface area (Å²) in [5.74, 6) is 1.31. The summed E-state index contributed by atoms with van der Waals surface area (Å²) in [6.45, 7) is -0.233. The van der Waals surface area contributed by atoms with Crippen LogP contribution in [0.4, 0.5) is 4.39 Å². The molecule has 2 heterocycles. The fourth-order valence-electron chi connectivity index (χ4n) is 4.97. The summed E-state index contributed by atoms with van der Waals surface area (Å²) in [5.41, 5.74) is -0.389. The van der Waals surface area contributed by atoms with Crippen molar-refractivity contribution in [1.29, 1.82) is 0 Å². The van der Waals surface area contributed by atoms with E-state index in [4.69, 9.17) is 18.9 Å². The quantitative estimate of drug-likeness (QED) is 0.309. The summed E-state index contributed by atoms with van der Waals surface area (Å²) in [4.78, 5) is 25.8. The van der Waals surface area contributed by atoms with Gasteiger partial charge >= 0.3 is 5.69 Å². The number of methoxy groups -OCH3 is 2. The van der Waals surface area contributed by atoms with Crippen LogP contribution in [0, 0.1) is 0 Å². The second-order valence-corrected chi connectivity index (χ2v) is 9.33. The van der Waals surface area contributed by atoms with Crippen LogP contribution in [0.3, 0.4) is 0 Å². The molecule has 4 atom stereocenters. The van der Waals surface area contributed by atoms with Gasteiger partial charge in [-0.05, 0) is 41.0 Å². The lowest BCUT2D eigenvalue weighted by Crippen LogP contribution is -2.39. The Morgan fingerprint density at radius 3 is 1.95 bits per heavy atom. The summed E-state index contributed by atoms with van der Waals surface area (Å²) < 4.78 is 39.4. The molecule has 9 nitrogen and oxygen atoms in total. The Hall–Kier alpha value is -4.25. The van der Waals surface area contributed by atoms with Gasteiger partial charge in [-0.3, -0.25) is 14.3 Å². The third kappa shape index (κ3) is 5.04. The fourth-order valence-corrected chi connectivity index (χ4v) is 4.97. The molecule has 4 aromatic rings. The molecule has 1 aliphatic heterocycles. The van der Waals surface area contributed by atoms with Crippen LogP contribution in [0.2, 0.25) is 0 Å². The van der Waals surface area contributed by atoms with Crippen LogP contribution >= 0.6 is 0 Å². The van der Waals surface area contributed by atoms with E-state index in [0.717, 1.165) is 33.5 Å². The fraction of sp³-hybridized carbons (Fsp3) is 0.267. The van der Waals surface area contributed by atoms with E-state index in [0.29, 0.717) is 11.5 Å². The molecule has 10 heteroatoms. The van der Waals surface area contributed by atoms with Crippen molar-refractivity contribution in [2.24, 2.45) is 0 Å². The second-order valence-electron chi connectivity index (χ2n) is 9.33. The number of benzene rings is 3. The minimum Gasteiger partial charge on any atom is -0.497 e. The van der Waals surface area contributed by atoms with Gasteiger partial charge in [0.1, 0.15) is 29.3 Å². The summed E-state index contributed by atoms with van der Waals surface area (Å²) in [5, 5.41) is 10.8. The highest BCUT2D eigenvalue weighted by Crippen LogP contribution is 2.43. The molecule has 0 spiro atoms. The second kappa shape index (κ2) is 11.5. The first-order valence-electron chi connectivity index (χ1n) is 12.6. The van der Waals surface area contributed by atoms with Gasteiger partial charge in [0.25, 0.3) is 5.56 Å². The van der Waals surface area contributed by atoms with E-state index in [2.05, 4.69) is 4.98 Å². The van der Waals surface area contributed by atoms with Gasteiger partial charge in [-0.15, -0.1) is 0 Å². The molecule has 40 heavy (non-hydrogen) atoms. The van der Waals surface area contributed by atoms with Crippen LogP contribution in [0.1, 0.15) is 22.9 Å². The van der Waals surface area contributed by atoms with Crippen molar-refractivity contribution in [1.82, 2.24) is 9.55 Å². The first-order valence-corrected chi connectivity index (χ1v) is 12.6. The normalized spacial score (nSPS) is 20.8. The lowest BCUT2D eigenvalue weighted by atomic mass is 9.80. The van der Waals surface area contributed by atoms with E-state index in [-0.39, 0.29) is 6.61 Å². The van der Waals surface area contributed by atoms with Crippen LogP contribution in [-0.4, -0.2) is 53.9 Å². The van der Waals surface area contributed by atoms with Crippen LogP contribution in [-0.2, 0) is 15.1 Å². The number of H-pyrrole nitrogens is 1. The standard InChI is InChI=1S/C30H29FN2O7/c1-37-22-12-8-20(9-13-22)30(19-6-4-3-5-7-19,21-10-14-23(38-2)15-11-21)39-18-24-27(35)26(31)28(40-24)33-17-16-25(34)32-29(33)36/h3-17,24,26-28,35H,18H2,1-2H3,(H,32,34,36)/t24-,26?,27+,28-/m0/s1. The minimum atomic E-state index is -1.94. The molecule has 0 aliphatic carbocycles.